The van der Waals surface area contributed by atoms with Gasteiger partial charge in [0, 0.05) is 35.6 Å². The van der Waals surface area contributed by atoms with Crippen LogP contribution >= 0.6 is 0 Å². The van der Waals surface area contributed by atoms with E-state index in [1.165, 1.54) is 6.08 Å². The molecule has 9 heteroatoms. The van der Waals surface area contributed by atoms with Gasteiger partial charge in [0.1, 0.15) is 11.7 Å². The molecule has 0 unspecified atom stereocenters. The van der Waals surface area contributed by atoms with Crippen LogP contribution in [0.25, 0.3) is 27.7 Å². The van der Waals surface area contributed by atoms with Crippen molar-refractivity contribution in [2.75, 3.05) is 6.54 Å². The number of hydrogen-bond acceptors (Lipinski definition) is 5. The van der Waals surface area contributed by atoms with Gasteiger partial charge in [-0.3, -0.25) is 9.59 Å². The Morgan fingerprint density at radius 3 is 3.03 bits per heavy atom. The molecule has 0 aliphatic carbocycles. The van der Waals surface area contributed by atoms with Crippen molar-refractivity contribution >= 4 is 28.4 Å². The minimum atomic E-state index is -0.449. The van der Waals surface area contributed by atoms with Gasteiger partial charge in [-0.15, -0.1) is 0 Å². The first-order valence-corrected chi connectivity index (χ1v) is 10.1. The van der Waals surface area contributed by atoms with E-state index in [4.69, 9.17) is 0 Å². The zero-order valence-electron chi connectivity index (χ0n) is 16.8. The summed E-state index contributed by atoms with van der Waals surface area (Å²) >= 11 is 0. The normalized spacial score (nSPS) is 16.1. The summed E-state index contributed by atoms with van der Waals surface area (Å²) in [5.74, 6) is -0.367. The Kier molecular flexibility index (Phi) is 4.70. The number of likely N-dealkylation sites (tertiary alicyclic amines) is 1. The van der Waals surface area contributed by atoms with Crippen molar-refractivity contribution in [3.05, 3.63) is 61.2 Å². The lowest BCUT2D eigenvalue weighted by Gasteiger charge is -2.22. The number of carbonyl (C=O) groups excluding carboxylic acids is 2. The van der Waals surface area contributed by atoms with Gasteiger partial charge in [0.2, 0.25) is 11.8 Å². The monoisotopic (exact) mass is 415 g/mol. The molecule has 4 aromatic rings. The van der Waals surface area contributed by atoms with Crippen molar-refractivity contribution in [2.45, 2.75) is 25.4 Å². The van der Waals surface area contributed by atoms with Crippen LogP contribution in [0.2, 0.25) is 0 Å². The van der Waals surface area contributed by atoms with Crippen molar-refractivity contribution in [3.8, 4) is 11.1 Å². The number of aromatic nitrogens is 5. The fraction of sp³-hybridized carbons (Fsp3) is 0.227. The zero-order chi connectivity index (χ0) is 21.4. The number of aromatic amines is 1. The lowest BCUT2D eigenvalue weighted by molar-refractivity contribution is -0.135. The summed E-state index contributed by atoms with van der Waals surface area (Å²) in [5.41, 5.74) is 4.41. The Balaban J connectivity index is 1.39. The van der Waals surface area contributed by atoms with Crippen LogP contribution in [0.3, 0.4) is 0 Å². The van der Waals surface area contributed by atoms with Crippen molar-refractivity contribution in [1.29, 1.82) is 0 Å². The molecule has 1 aliphatic rings. The molecule has 1 aliphatic heterocycles. The average molecular weight is 415 g/mol. The van der Waals surface area contributed by atoms with Gasteiger partial charge in [-0.05, 0) is 48.7 Å². The first kappa shape index (κ1) is 19.0. The summed E-state index contributed by atoms with van der Waals surface area (Å²) in [6.07, 6.45) is 7.95. The van der Waals surface area contributed by atoms with Crippen LogP contribution in [-0.4, -0.2) is 54.1 Å². The Morgan fingerprint density at radius 1 is 1.26 bits per heavy atom. The number of carbonyl (C=O) groups is 2. The van der Waals surface area contributed by atoms with E-state index in [0.717, 1.165) is 39.8 Å². The summed E-state index contributed by atoms with van der Waals surface area (Å²) in [6, 6.07) is 7.32. The molecule has 1 fully saturated rings. The lowest BCUT2D eigenvalue weighted by atomic mass is 10.1. The summed E-state index contributed by atoms with van der Waals surface area (Å²) in [7, 11) is 0. The Hall–Kier alpha value is -4.01. The van der Waals surface area contributed by atoms with Gasteiger partial charge in [-0.1, -0.05) is 6.58 Å². The van der Waals surface area contributed by atoms with Gasteiger partial charge < -0.3 is 15.2 Å². The summed E-state index contributed by atoms with van der Waals surface area (Å²) < 4.78 is 1.59. The van der Waals surface area contributed by atoms with E-state index >= 15 is 0 Å². The molecule has 2 N–H and O–H groups in total. The molecule has 5 heterocycles. The summed E-state index contributed by atoms with van der Waals surface area (Å²) in [6.45, 7) is 4.42. The molecular formula is C22H21N7O2. The first-order valence-electron chi connectivity index (χ1n) is 10.1. The highest BCUT2D eigenvalue weighted by Crippen LogP contribution is 2.30. The molecule has 156 valence electrons. The van der Waals surface area contributed by atoms with E-state index < -0.39 is 6.04 Å². The molecule has 1 saturated heterocycles. The third-order valence-corrected chi connectivity index (χ3v) is 5.65. The van der Waals surface area contributed by atoms with Gasteiger partial charge in [0.25, 0.3) is 0 Å². The maximum Gasteiger partial charge on any atom is 0.246 e. The maximum absolute atomic E-state index is 12.7. The minimum Gasteiger partial charge on any atom is -0.349 e. The summed E-state index contributed by atoms with van der Waals surface area (Å²) in [4.78, 5) is 33.9. The van der Waals surface area contributed by atoms with Crippen molar-refractivity contribution in [2.24, 2.45) is 0 Å². The third-order valence-electron chi connectivity index (χ3n) is 5.65. The van der Waals surface area contributed by atoms with Crippen LogP contribution in [-0.2, 0) is 16.1 Å². The van der Waals surface area contributed by atoms with E-state index in [2.05, 4.69) is 32.1 Å². The van der Waals surface area contributed by atoms with E-state index in [1.807, 2.05) is 24.3 Å². The van der Waals surface area contributed by atoms with E-state index in [9.17, 15) is 9.59 Å². The minimum absolute atomic E-state index is 0.159. The number of nitrogens with zero attached hydrogens (tertiary/aromatic N) is 5. The zero-order valence-corrected chi connectivity index (χ0v) is 16.8. The Bertz CT molecular complexity index is 1310. The van der Waals surface area contributed by atoms with Gasteiger partial charge >= 0.3 is 0 Å². The lowest BCUT2D eigenvalue weighted by Crippen LogP contribution is -2.45. The number of nitrogens with one attached hydrogen (secondary N) is 2. The highest BCUT2D eigenvalue weighted by molar-refractivity contribution is 5.98. The predicted molar refractivity (Wildman–Crippen MR) is 115 cm³/mol. The third kappa shape index (κ3) is 3.33. The maximum atomic E-state index is 12.7. The quantitative estimate of drug-likeness (QED) is 0.485. The van der Waals surface area contributed by atoms with E-state index in [1.54, 1.807) is 28.1 Å². The van der Waals surface area contributed by atoms with Gasteiger partial charge in [-0.2, -0.15) is 14.8 Å². The number of rotatable bonds is 5. The van der Waals surface area contributed by atoms with Crippen LogP contribution < -0.4 is 5.32 Å². The second-order valence-electron chi connectivity index (χ2n) is 7.48. The number of H-pyrrole nitrogens is 1. The number of fused-ring (bicyclic) bond motifs is 2. The Morgan fingerprint density at radius 2 is 2.16 bits per heavy atom. The smallest absolute Gasteiger partial charge is 0.246 e. The first-order chi connectivity index (χ1) is 15.2. The molecule has 2 amide bonds. The highest BCUT2D eigenvalue weighted by Gasteiger charge is 2.32. The molecular weight excluding hydrogens is 394 g/mol. The van der Waals surface area contributed by atoms with Crippen molar-refractivity contribution in [3.63, 3.8) is 0 Å². The number of amides is 2. The SMILES string of the molecule is C=CC(=O)N1CCC[C@@H]1C(=O)NCc1cc2c(-c3cnn4ncccc34)ccnc2[nH]1. The second kappa shape index (κ2) is 7.67. The Labute approximate surface area is 177 Å². The molecule has 0 spiro atoms. The molecule has 5 rings (SSSR count). The molecule has 1 atom stereocenters. The number of hydrogen-bond donors (Lipinski definition) is 2. The van der Waals surface area contributed by atoms with E-state index in [0.29, 0.717) is 19.5 Å². The number of pyridine rings is 1. The average Bonchev–Trinajstić information content (AvgIpc) is 3.54. The largest absolute Gasteiger partial charge is 0.349 e. The standard InChI is InChI=1S/C22H21N7O2/c1-2-20(30)28-10-4-6-19(28)22(31)24-12-14-11-16-15(7-9-23-21(16)27-14)17-13-26-29-18(17)5-3-8-25-29/h2-3,5,7-9,11,13,19H,1,4,6,10,12H2,(H,23,27)(H,24,31)/t19-/m1/s1. The van der Waals surface area contributed by atoms with Crippen LogP contribution in [0.4, 0.5) is 0 Å². The molecule has 4 aromatic heterocycles. The van der Waals surface area contributed by atoms with Crippen molar-refractivity contribution in [1.82, 2.24) is 35.0 Å². The topological polar surface area (TPSA) is 108 Å². The molecule has 9 nitrogen and oxygen atoms in total. The van der Waals surface area contributed by atoms with Gasteiger partial charge in [0.05, 0.1) is 18.3 Å². The van der Waals surface area contributed by atoms with Crippen molar-refractivity contribution < 1.29 is 9.59 Å². The van der Waals surface area contributed by atoms with Crippen LogP contribution in [0.1, 0.15) is 18.5 Å². The predicted octanol–water partition coefficient (Wildman–Crippen LogP) is 2.07. The fourth-order valence-corrected chi connectivity index (χ4v) is 4.17. The molecule has 0 aromatic carbocycles. The summed E-state index contributed by atoms with van der Waals surface area (Å²) in [5, 5.41) is 12.4. The van der Waals surface area contributed by atoms with Gasteiger partial charge in [0.15, 0.2) is 0 Å². The van der Waals surface area contributed by atoms with Crippen LogP contribution in [0.5, 0.6) is 0 Å². The van der Waals surface area contributed by atoms with Crippen LogP contribution in [0.15, 0.2) is 55.5 Å². The van der Waals surface area contributed by atoms with Crippen LogP contribution in [0, 0.1) is 0 Å². The highest BCUT2D eigenvalue weighted by atomic mass is 16.2. The van der Waals surface area contributed by atoms with E-state index in [-0.39, 0.29) is 11.8 Å². The molecule has 0 saturated carbocycles. The molecule has 0 bridgehead atoms. The second-order valence-corrected chi connectivity index (χ2v) is 7.48. The molecule has 0 radical (unpaired) electrons. The molecule has 31 heavy (non-hydrogen) atoms. The fourth-order valence-electron chi connectivity index (χ4n) is 4.17. The van der Waals surface area contributed by atoms with Gasteiger partial charge in [-0.25, -0.2) is 4.98 Å².